The average Bonchev–Trinajstić information content (AvgIpc) is 2.25. The maximum atomic E-state index is 11.8. The van der Waals surface area contributed by atoms with E-state index in [0.717, 1.165) is 19.5 Å². The van der Waals surface area contributed by atoms with E-state index in [9.17, 15) is 4.79 Å². The van der Waals surface area contributed by atoms with Crippen molar-refractivity contribution in [2.75, 3.05) is 19.7 Å². The van der Waals surface area contributed by atoms with Crippen LogP contribution in [-0.2, 0) is 11.2 Å². The Kier molecular flexibility index (Phi) is 3.79. The Balaban J connectivity index is 1.77. The molecule has 1 N–H and O–H groups in total. The first-order valence-electron chi connectivity index (χ1n) is 6.13. The molecule has 0 radical (unpaired) electrons. The topological polar surface area (TPSA) is 40.5 Å². The number of aliphatic hydroxyl groups is 1. The summed E-state index contributed by atoms with van der Waals surface area (Å²) in [7, 11) is 0. The fourth-order valence-corrected chi connectivity index (χ4v) is 2.17. The summed E-state index contributed by atoms with van der Waals surface area (Å²) in [4.78, 5) is 13.6. The highest BCUT2D eigenvalue weighted by Crippen LogP contribution is 2.16. The number of hydrogen-bond acceptors (Lipinski definition) is 2. The molecule has 0 unspecified atom stereocenters. The van der Waals surface area contributed by atoms with Gasteiger partial charge < -0.3 is 10.0 Å². The van der Waals surface area contributed by atoms with Crippen molar-refractivity contribution < 1.29 is 9.90 Å². The number of hydrogen-bond donors (Lipinski definition) is 1. The highest BCUT2D eigenvalue weighted by Gasteiger charge is 2.29. The van der Waals surface area contributed by atoms with Crippen molar-refractivity contribution in [3.05, 3.63) is 35.4 Å². The first kappa shape index (κ1) is 12.1. The van der Waals surface area contributed by atoms with Crippen molar-refractivity contribution in [3.63, 3.8) is 0 Å². The van der Waals surface area contributed by atoms with E-state index in [4.69, 9.17) is 5.11 Å². The molecular formula is C14H19NO2. The lowest BCUT2D eigenvalue weighted by Gasteiger charge is -2.38. The van der Waals surface area contributed by atoms with Crippen LogP contribution >= 0.6 is 0 Å². The van der Waals surface area contributed by atoms with Crippen molar-refractivity contribution in [1.82, 2.24) is 4.90 Å². The van der Waals surface area contributed by atoms with Gasteiger partial charge in [0.1, 0.15) is 0 Å². The van der Waals surface area contributed by atoms with Crippen LogP contribution in [0.2, 0.25) is 0 Å². The van der Waals surface area contributed by atoms with Crippen LogP contribution in [0.1, 0.15) is 17.5 Å². The second kappa shape index (κ2) is 5.32. The third kappa shape index (κ3) is 3.07. The van der Waals surface area contributed by atoms with Crippen molar-refractivity contribution in [1.29, 1.82) is 0 Å². The minimum absolute atomic E-state index is 0.196. The highest BCUT2D eigenvalue weighted by molar-refractivity contribution is 5.77. The quantitative estimate of drug-likeness (QED) is 0.853. The molecule has 1 fully saturated rings. The molecule has 0 aromatic heterocycles. The third-order valence-electron chi connectivity index (χ3n) is 3.28. The van der Waals surface area contributed by atoms with Crippen molar-refractivity contribution in [2.45, 2.75) is 19.8 Å². The average molecular weight is 233 g/mol. The summed E-state index contributed by atoms with van der Waals surface area (Å²) in [6.45, 7) is 3.71. The van der Waals surface area contributed by atoms with Crippen LogP contribution < -0.4 is 0 Å². The zero-order chi connectivity index (χ0) is 12.3. The Morgan fingerprint density at radius 2 is 2.24 bits per heavy atom. The number of amides is 1. The largest absolute Gasteiger partial charge is 0.396 e. The van der Waals surface area contributed by atoms with E-state index in [0.29, 0.717) is 12.3 Å². The lowest BCUT2D eigenvalue weighted by molar-refractivity contribution is -0.138. The SMILES string of the molecule is Cc1cccc(CCC(=O)N2CC(CO)C2)c1. The molecule has 1 saturated heterocycles. The van der Waals surface area contributed by atoms with Gasteiger partial charge in [-0.1, -0.05) is 29.8 Å². The maximum absolute atomic E-state index is 11.8. The van der Waals surface area contributed by atoms with Crippen LogP contribution in [0.3, 0.4) is 0 Å². The normalized spacial score (nSPS) is 15.8. The molecule has 1 aromatic rings. The number of nitrogens with zero attached hydrogens (tertiary/aromatic N) is 1. The zero-order valence-electron chi connectivity index (χ0n) is 10.2. The van der Waals surface area contributed by atoms with Gasteiger partial charge in [0.15, 0.2) is 0 Å². The van der Waals surface area contributed by atoms with E-state index in [1.54, 1.807) is 0 Å². The molecule has 1 aromatic carbocycles. The number of aliphatic hydroxyl groups excluding tert-OH is 1. The molecule has 2 rings (SSSR count). The Bertz CT molecular complexity index is 397. The van der Waals surface area contributed by atoms with Gasteiger partial charge >= 0.3 is 0 Å². The minimum atomic E-state index is 0.196. The molecule has 3 heteroatoms. The molecule has 1 amide bonds. The zero-order valence-corrected chi connectivity index (χ0v) is 10.2. The Morgan fingerprint density at radius 1 is 1.47 bits per heavy atom. The van der Waals surface area contributed by atoms with E-state index in [2.05, 4.69) is 25.1 Å². The third-order valence-corrected chi connectivity index (χ3v) is 3.28. The Morgan fingerprint density at radius 3 is 2.88 bits per heavy atom. The monoisotopic (exact) mass is 233 g/mol. The van der Waals surface area contributed by atoms with Gasteiger partial charge in [-0.15, -0.1) is 0 Å². The molecule has 0 atom stereocenters. The predicted octanol–water partition coefficient (Wildman–Crippen LogP) is 1.38. The molecule has 92 valence electrons. The lowest BCUT2D eigenvalue weighted by Crippen LogP contribution is -2.51. The van der Waals surface area contributed by atoms with Gasteiger partial charge in [-0.25, -0.2) is 0 Å². The fraction of sp³-hybridized carbons (Fsp3) is 0.500. The smallest absolute Gasteiger partial charge is 0.222 e. The van der Waals surface area contributed by atoms with Crippen LogP contribution in [0.5, 0.6) is 0 Å². The second-order valence-corrected chi connectivity index (χ2v) is 4.84. The number of likely N-dealkylation sites (tertiary alicyclic amines) is 1. The molecule has 17 heavy (non-hydrogen) atoms. The van der Waals surface area contributed by atoms with Crippen molar-refractivity contribution in [3.8, 4) is 0 Å². The summed E-state index contributed by atoms with van der Waals surface area (Å²) in [5.41, 5.74) is 2.46. The van der Waals surface area contributed by atoms with E-state index < -0.39 is 0 Å². The van der Waals surface area contributed by atoms with Crippen LogP contribution in [0, 0.1) is 12.8 Å². The van der Waals surface area contributed by atoms with Gasteiger partial charge in [0, 0.05) is 32.0 Å². The number of aryl methyl sites for hydroxylation is 2. The summed E-state index contributed by atoms with van der Waals surface area (Å²) in [6, 6.07) is 8.28. The first-order chi connectivity index (χ1) is 8.19. The fourth-order valence-electron chi connectivity index (χ4n) is 2.17. The number of benzene rings is 1. The molecule has 1 heterocycles. The molecule has 3 nitrogen and oxygen atoms in total. The molecule has 1 aliphatic rings. The van der Waals surface area contributed by atoms with Gasteiger partial charge in [-0.2, -0.15) is 0 Å². The van der Waals surface area contributed by atoms with E-state index in [1.807, 2.05) is 11.0 Å². The van der Waals surface area contributed by atoms with Crippen molar-refractivity contribution in [2.24, 2.45) is 5.92 Å². The molecular weight excluding hydrogens is 214 g/mol. The molecule has 1 aliphatic heterocycles. The summed E-state index contributed by atoms with van der Waals surface area (Å²) >= 11 is 0. The van der Waals surface area contributed by atoms with Crippen LogP contribution in [0.15, 0.2) is 24.3 Å². The standard InChI is InChI=1S/C14H19NO2/c1-11-3-2-4-12(7-11)5-6-14(17)15-8-13(9-15)10-16/h2-4,7,13,16H,5-6,8-10H2,1H3. The lowest BCUT2D eigenvalue weighted by atomic mass is 10.00. The summed E-state index contributed by atoms with van der Waals surface area (Å²) in [5, 5.41) is 8.89. The van der Waals surface area contributed by atoms with Crippen molar-refractivity contribution >= 4 is 5.91 Å². The number of carbonyl (C=O) groups is 1. The summed E-state index contributed by atoms with van der Waals surface area (Å²) in [6.07, 6.45) is 1.38. The van der Waals surface area contributed by atoms with Crippen LogP contribution in [-0.4, -0.2) is 35.6 Å². The second-order valence-electron chi connectivity index (χ2n) is 4.84. The van der Waals surface area contributed by atoms with Gasteiger partial charge in [-0.05, 0) is 18.9 Å². The summed E-state index contributed by atoms with van der Waals surface area (Å²) < 4.78 is 0. The van der Waals surface area contributed by atoms with E-state index in [1.165, 1.54) is 11.1 Å². The maximum Gasteiger partial charge on any atom is 0.222 e. The van der Waals surface area contributed by atoms with Crippen LogP contribution in [0.25, 0.3) is 0 Å². The van der Waals surface area contributed by atoms with Gasteiger partial charge in [-0.3, -0.25) is 4.79 Å². The molecule has 0 aliphatic carbocycles. The Labute approximate surface area is 102 Å². The van der Waals surface area contributed by atoms with E-state index in [-0.39, 0.29) is 12.5 Å². The van der Waals surface area contributed by atoms with Crippen LogP contribution in [0.4, 0.5) is 0 Å². The summed E-state index contributed by atoms with van der Waals surface area (Å²) in [5.74, 6) is 0.508. The predicted molar refractivity (Wildman–Crippen MR) is 66.7 cm³/mol. The van der Waals surface area contributed by atoms with Gasteiger partial charge in [0.05, 0.1) is 0 Å². The highest BCUT2D eigenvalue weighted by atomic mass is 16.3. The molecule has 0 saturated carbocycles. The number of carbonyl (C=O) groups excluding carboxylic acids is 1. The molecule has 0 spiro atoms. The Hall–Kier alpha value is -1.35. The molecule has 0 bridgehead atoms. The van der Waals surface area contributed by atoms with Gasteiger partial charge in [0.2, 0.25) is 5.91 Å². The van der Waals surface area contributed by atoms with E-state index >= 15 is 0 Å². The first-order valence-corrected chi connectivity index (χ1v) is 6.13. The van der Waals surface area contributed by atoms with Gasteiger partial charge in [0.25, 0.3) is 0 Å². The minimum Gasteiger partial charge on any atom is -0.396 e. The number of rotatable bonds is 4.